The van der Waals surface area contributed by atoms with Gasteiger partial charge in [-0.25, -0.2) is 4.39 Å². The zero-order valence-electron chi connectivity index (χ0n) is 17.9. The molecule has 1 heterocycles. The fourth-order valence-corrected chi connectivity index (χ4v) is 4.32. The second-order valence-corrected chi connectivity index (χ2v) is 8.11. The smallest absolute Gasteiger partial charge is 0.247 e. The number of amides is 1. The van der Waals surface area contributed by atoms with Crippen LogP contribution in [0.3, 0.4) is 0 Å². The predicted molar refractivity (Wildman–Crippen MR) is 117 cm³/mol. The molecule has 0 radical (unpaired) electrons. The Bertz CT molecular complexity index is 981. The van der Waals surface area contributed by atoms with Gasteiger partial charge in [0, 0.05) is 18.0 Å². The minimum Gasteiger partial charge on any atom is -0.494 e. The highest BCUT2D eigenvalue weighted by molar-refractivity contribution is 5.98. The lowest BCUT2D eigenvalue weighted by molar-refractivity contribution is -0.118. The second-order valence-electron chi connectivity index (χ2n) is 8.11. The maximum Gasteiger partial charge on any atom is 0.247 e. The number of rotatable bonds is 6. The molecule has 164 valence electrons. The zero-order valence-corrected chi connectivity index (χ0v) is 17.9. The first-order valence-electron chi connectivity index (χ1n) is 10.7. The van der Waals surface area contributed by atoms with E-state index in [2.05, 4.69) is 5.32 Å². The highest BCUT2D eigenvalue weighted by atomic mass is 19.1. The van der Waals surface area contributed by atoms with Crippen molar-refractivity contribution in [1.29, 1.82) is 0 Å². The third-order valence-electron chi connectivity index (χ3n) is 6.04. The Morgan fingerprint density at radius 2 is 1.74 bits per heavy atom. The Labute approximate surface area is 182 Å². The topological polar surface area (TPSA) is 56.8 Å². The lowest BCUT2D eigenvalue weighted by Crippen LogP contribution is -2.35. The standard InChI is InChI=1S/C25H28FNO4/c1-29-22-9-7-16(12-21(22)26)11-18-13-19(15-27-25(18)28)17-8-10-23(30-2)24(14-17)31-20-5-3-4-6-20/h7-12,14,19-20H,3-6,13,15H2,1-2H3,(H,27,28). The summed E-state index contributed by atoms with van der Waals surface area (Å²) in [6.07, 6.45) is 7.06. The Hall–Kier alpha value is -3.02. The van der Waals surface area contributed by atoms with Gasteiger partial charge in [0.05, 0.1) is 20.3 Å². The van der Waals surface area contributed by atoms with E-state index in [1.54, 1.807) is 25.3 Å². The molecule has 1 unspecified atom stereocenters. The summed E-state index contributed by atoms with van der Waals surface area (Å²) in [6, 6.07) is 10.7. The lowest BCUT2D eigenvalue weighted by atomic mass is 9.87. The summed E-state index contributed by atoms with van der Waals surface area (Å²) in [6.45, 7) is 0.544. The number of ether oxygens (including phenoxy) is 3. The van der Waals surface area contributed by atoms with Crippen molar-refractivity contribution >= 4 is 12.0 Å². The molecule has 2 aromatic rings. The molecule has 1 atom stereocenters. The molecule has 1 saturated heterocycles. The summed E-state index contributed by atoms with van der Waals surface area (Å²) in [5.74, 6) is 1.19. The lowest BCUT2D eigenvalue weighted by Gasteiger charge is -2.26. The normalized spacial score (nSPS) is 20.5. The Kier molecular flexibility index (Phi) is 6.44. The minimum absolute atomic E-state index is 0.101. The average Bonchev–Trinajstić information content (AvgIpc) is 3.28. The number of hydrogen-bond donors (Lipinski definition) is 1. The molecule has 5 nitrogen and oxygen atoms in total. The van der Waals surface area contributed by atoms with E-state index in [0.29, 0.717) is 24.1 Å². The van der Waals surface area contributed by atoms with Gasteiger partial charge in [-0.2, -0.15) is 0 Å². The van der Waals surface area contributed by atoms with Gasteiger partial charge in [-0.3, -0.25) is 4.79 Å². The summed E-state index contributed by atoms with van der Waals surface area (Å²) in [5.41, 5.74) is 2.33. The number of carbonyl (C=O) groups excluding carboxylic acids is 1. The molecule has 0 aromatic heterocycles. The Morgan fingerprint density at radius 1 is 1.00 bits per heavy atom. The molecule has 4 rings (SSSR count). The quantitative estimate of drug-likeness (QED) is 0.672. The summed E-state index contributed by atoms with van der Waals surface area (Å²) in [4.78, 5) is 12.4. The molecule has 2 aromatic carbocycles. The van der Waals surface area contributed by atoms with Crippen LogP contribution in [0.1, 0.15) is 49.1 Å². The van der Waals surface area contributed by atoms with Gasteiger partial charge < -0.3 is 19.5 Å². The molecule has 2 aliphatic rings. The van der Waals surface area contributed by atoms with Crippen molar-refractivity contribution in [3.63, 3.8) is 0 Å². The van der Waals surface area contributed by atoms with Crippen LogP contribution in [0.15, 0.2) is 42.0 Å². The zero-order chi connectivity index (χ0) is 21.8. The first-order chi connectivity index (χ1) is 15.1. The number of methoxy groups -OCH3 is 2. The van der Waals surface area contributed by atoms with E-state index in [4.69, 9.17) is 14.2 Å². The Morgan fingerprint density at radius 3 is 2.45 bits per heavy atom. The minimum atomic E-state index is -0.450. The van der Waals surface area contributed by atoms with Crippen molar-refractivity contribution < 1.29 is 23.4 Å². The van der Waals surface area contributed by atoms with Gasteiger partial charge in [-0.1, -0.05) is 12.1 Å². The fourth-order valence-electron chi connectivity index (χ4n) is 4.32. The van der Waals surface area contributed by atoms with Gasteiger partial charge in [-0.05, 0) is 73.6 Å². The van der Waals surface area contributed by atoms with Gasteiger partial charge in [0.25, 0.3) is 0 Å². The van der Waals surface area contributed by atoms with Crippen LogP contribution in [0.5, 0.6) is 17.2 Å². The average molecular weight is 426 g/mol. The highest BCUT2D eigenvalue weighted by Gasteiger charge is 2.26. The van der Waals surface area contributed by atoms with Gasteiger partial charge in [0.1, 0.15) is 0 Å². The molecule has 1 aliphatic heterocycles. The van der Waals surface area contributed by atoms with E-state index in [1.165, 1.54) is 26.0 Å². The predicted octanol–water partition coefficient (Wildman–Crippen LogP) is 4.85. The molecule has 1 amide bonds. The van der Waals surface area contributed by atoms with Crippen LogP contribution in [-0.2, 0) is 4.79 Å². The molecule has 6 heteroatoms. The molecule has 1 saturated carbocycles. The monoisotopic (exact) mass is 425 g/mol. The van der Waals surface area contributed by atoms with Crippen LogP contribution in [0.25, 0.3) is 6.08 Å². The van der Waals surface area contributed by atoms with Crippen molar-refractivity contribution in [3.05, 3.63) is 58.9 Å². The third-order valence-corrected chi connectivity index (χ3v) is 6.04. The summed E-state index contributed by atoms with van der Waals surface area (Å²) < 4.78 is 30.7. The molecular formula is C25H28FNO4. The van der Waals surface area contributed by atoms with E-state index in [1.807, 2.05) is 18.2 Å². The maximum atomic E-state index is 14.0. The van der Waals surface area contributed by atoms with E-state index in [0.717, 1.165) is 29.9 Å². The van der Waals surface area contributed by atoms with Gasteiger partial charge in [0.15, 0.2) is 23.1 Å². The van der Waals surface area contributed by atoms with Crippen molar-refractivity contribution in [1.82, 2.24) is 5.32 Å². The van der Waals surface area contributed by atoms with Crippen LogP contribution in [-0.4, -0.2) is 32.8 Å². The van der Waals surface area contributed by atoms with Gasteiger partial charge in [-0.15, -0.1) is 0 Å². The number of piperidine rings is 1. The number of halogens is 1. The molecule has 2 fully saturated rings. The van der Waals surface area contributed by atoms with Crippen molar-refractivity contribution in [2.45, 2.75) is 44.1 Å². The van der Waals surface area contributed by atoms with Crippen molar-refractivity contribution in [2.24, 2.45) is 0 Å². The maximum absolute atomic E-state index is 14.0. The molecule has 31 heavy (non-hydrogen) atoms. The van der Waals surface area contributed by atoms with Crippen molar-refractivity contribution in [3.8, 4) is 17.2 Å². The number of hydrogen-bond acceptors (Lipinski definition) is 4. The summed E-state index contributed by atoms with van der Waals surface area (Å²) in [5, 5.41) is 2.96. The number of benzene rings is 2. The fraction of sp³-hybridized carbons (Fsp3) is 0.400. The molecular weight excluding hydrogens is 397 g/mol. The van der Waals surface area contributed by atoms with Crippen LogP contribution >= 0.6 is 0 Å². The van der Waals surface area contributed by atoms with Crippen LogP contribution < -0.4 is 19.5 Å². The van der Waals surface area contributed by atoms with E-state index in [9.17, 15) is 9.18 Å². The first kappa shape index (κ1) is 21.2. The molecule has 0 bridgehead atoms. The van der Waals surface area contributed by atoms with Gasteiger partial charge in [0.2, 0.25) is 5.91 Å². The highest BCUT2D eigenvalue weighted by Crippen LogP contribution is 2.36. The third kappa shape index (κ3) is 4.84. The van der Waals surface area contributed by atoms with Crippen LogP contribution in [0.2, 0.25) is 0 Å². The largest absolute Gasteiger partial charge is 0.494 e. The van der Waals surface area contributed by atoms with E-state index < -0.39 is 5.82 Å². The second kappa shape index (κ2) is 9.41. The van der Waals surface area contributed by atoms with Crippen molar-refractivity contribution in [2.75, 3.05) is 20.8 Å². The van der Waals surface area contributed by atoms with E-state index >= 15 is 0 Å². The summed E-state index contributed by atoms with van der Waals surface area (Å²) >= 11 is 0. The Balaban J connectivity index is 1.56. The van der Waals surface area contributed by atoms with Crippen LogP contribution in [0, 0.1) is 5.82 Å². The van der Waals surface area contributed by atoms with E-state index in [-0.39, 0.29) is 23.7 Å². The molecule has 0 spiro atoms. The summed E-state index contributed by atoms with van der Waals surface area (Å²) in [7, 11) is 3.07. The van der Waals surface area contributed by atoms with Gasteiger partial charge >= 0.3 is 0 Å². The number of nitrogens with one attached hydrogen (secondary N) is 1. The molecule has 1 N–H and O–H groups in total. The first-order valence-corrected chi connectivity index (χ1v) is 10.7. The molecule has 1 aliphatic carbocycles. The van der Waals surface area contributed by atoms with Crippen LogP contribution in [0.4, 0.5) is 4.39 Å². The SMILES string of the molecule is COc1ccc(C=C2CC(c3ccc(OC)c(OC4CCCC4)c3)CNC2=O)cc1F. The number of carbonyl (C=O) groups is 1.